The molecule has 1 aliphatic heterocycles. The van der Waals surface area contributed by atoms with Crippen molar-refractivity contribution in [3.63, 3.8) is 0 Å². The largest absolute Gasteiger partial charge is 0.454 e. The molecule has 1 amide bonds. The van der Waals surface area contributed by atoms with Crippen molar-refractivity contribution < 1.29 is 14.3 Å². The zero-order chi connectivity index (χ0) is 15.2. The van der Waals surface area contributed by atoms with Gasteiger partial charge >= 0.3 is 0 Å². The van der Waals surface area contributed by atoms with Crippen molar-refractivity contribution >= 4 is 17.7 Å². The molecule has 1 aliphatic rings. The first kappa shape index (κ1) is 16.0. The van der Waals surface area contributed by atoms with Crippen LogP contribution in [0.4, 0.5) is 0 Å². The molecule has 21 heavy (non-hydrogen) atoms. The number of amides is 1. The number of ether oxygens (including phenoxy) is 2. The van der Waals surface area contributed by atoms with Crippen LogP contribution in [0.1, 0.15) is 18.9 Å². The molecule has 1 atom stereocenters. The van der Waals surface area contributed by atoms with Gasteiger partial charge in [-0.05, 0) is 43.0 Å². The Hall–Kier alpha value is -1.40. The Labute approximate surface area is 129 Å². The van der Waals surface area contributed by atoms with Gasteiger partial charge in [0.25, 0.3) is 0 Å². The first-order valence-electron chi connectivity index (χ1n) is 7.07. The number of hydrogen-bond donors (Lipinski definition) is 1. The van der Waals surface area contributed by atoms with Crippen LogP contribution < -0.4 is 15.2 Å². The number of hydrogen-bond acceptors (Lipinski definition) is 5. The molecule has 1 aromatic carbocycles. The Kier molecular flexibility index (Phi) is 5.76. The number of benzene rings is 1. The van der Waals surface area contributed by atoms with Crippen molar-refractivity contribution in [2.45, 2.75) is 25.9 Å². The Morgan fingerprint density at radius 3 is 2.90 bits per heavy atom. The fourth-order valence-corrected chi connectivity index (χ4v) is 2.70. The molecule has 0 saturated carbocycles. The van der Waals surface area contributed by atoms with Gasteiger partial charge in [-0.3, -0.25) is 4.79 Å². The summed E-state index contributed by atoms with van der Waals surface area (Å²) in [6, 6.07) is 5.33. The Balaban J connectivity index is 1.99. The van der Waals surface area contributed by atoms with Gasteiger partial charge < -0.3 is 20.1 Å². The molecule has 0 unspecified atom stereocenters. The zero-order valence-corrected chi connectivity index (χ0v) is 13.3. The summed E-state index contributed by atoms with van der Waals surface area (Å²) in [4.78, 5) is 14.1. The van der Waals surface area contributed by atoms with E-state index >= 15 is 0 Å². The first-order valence-corrected chi connectivity index (χ1v) is 8.47. The van der Waals surface area contributed by atoms with Crippen LogP contribution in [0.5, 0.6) is 11.5 Å². The molecule has 0 saturated heterocycles. The highest BCUT2D eigenvalue weighted by Crippen LogP contribution is 2.32. The van der Waals surface area contributed by atoms with E-state index in [9.17, 15) is 4.79 Å². The Morgan fingerprint density at radius 2 is 2.19 bits per heavy atom. The molecule has 1 heterocycles. The topological polar surface area (TPSA) is 64.8 Å². The smallest absolute Gasteiger partial charge is 0.239 e. The molecule has 0 spiro atoms. The van der Waals surface area contributed by atoms with Crippen LogP contribution >= 0.6 is 11.8 Å². The van der Waals surface area contributed by atoms with Crippen molar-refractivity contribution in [1.82, 2.24) is 4.90 Å². The number of carbonyl (C=O) groups excluding carboxylic acids is 1. The number of rotatable bonds is 7. The zero-order valence-electron chi connectivity index (χ0n) is 12.5. The number of carbonyl (C=O) groups is 1. The van der Waals surface area contributed by atoms with Crippen LogP contribution in [0.2, 0.25) is 0 Å². The number of thioether (sulfide) groups is 1. The summed E-state index contributed by atoms with van der Waals surface area (Å²) in [5.74, 6) is 2.39. The minimum atomic E-state index is -0.425. The third-order valence-electron chi connectivity index (χ3n) is 3.45. The lowest BCUT2D eigenvalue weighted by Gasteiger charge is -2.24. The van der Waals surface area contributed by atoms with E-state index in [0.29, 0.717) is 19.5 Å². The maximum Gasteiger partial charge on any atom is 0.239 e. The summed E-state index contributed by atoms with van der Waals surface area (Å²) in [6.07, 6.45) is 2.72. The van der Waals surface area contributed by atoms with Gasteiger partial charge in [0.2, 0.25) is 12.7 Å². The van der Waals surface area contributed by atoms with Crippen molar-refractivity contribution in [3.05, 3.63) is 23.8 Å². The lowest BCUT2D eigenvalue weighted by molar-refractivity contribution is -0.133. The summed E-state index contributed by atoms with van der Waals surface area (Å²) < 4.78 is 10.7. The summed E-state index contributed by atoms with van der Waals surface area (Å²) in [5, 5.41) is 0. The van der Waals surface area contributed by atoms with Gasteiger partial charge in [-0.25, -0.2) is 0 Å². The second kappa shape index (κ2) is 7.56. The summed E-state index contributed by atoms with van der Waals surface area (Å²) >= 11 is 1.70. The minimum Gasteiger partial charge on any atom is -0.454 e. The highest BCUT2D eigenvalue weighted by Gasteiger charge is 2.21. The van der Waals surface area contributed by atoms with Gasteiger partial charge in [-0.2, -0.15) is 11.8 Å². The van der Waals surface area contributed by atoms with Crippen LogP contribution in [0.15, 0.2) is 18.2 Å². The predicted octanol–water partition coefficient (Wildman–Crippen LogP) is 1.84. The van der Waals surface area contributed by atoms with Gasteiger partial charge in [-0.1, -0.05) is 6.07 Å². The SMILES string of the molecule is CCN(Cc1ccc2c(c1)OCO2)C(=O)[C@@H](N)CCSC. The highest BCUT2D eigenvalue weighted by molar-refractivity contribution is 7.98. The fourth-order valence-electron chi connectivity index (χ4n) is 2.21. The van der Waals surface area contributed by atoms with Crippen molar-refractivity contribution in [1.29, 1.82) is 0 Å². The number of fused-ring (bicyclic) bond motifs is 1. The fraction of sp³-hybridized carbons (Fsp3) is 0.533. The minimum absolute atomic E-state index is 0.00390. The van der Waals surface area contributed by atoms with Crippen LogP contribution in [-0.4, -0.2) is 42.2 Å². The lowest BCUT2D eigenvalue weighted by atomic mass is 10.1. The van der Waals surface area contributed by atoms with E-state index in [4.69, 9.17) is 15.2 Å². The molecule has 116 valence electrons. The molecule has 0 aliphatic carbocycles. The maximum absolute atomic E-state index is 12.4. The molecule has 0 bridgehead atoms. The second-order valence-electron chi connectivity index (χ2n) is 4.93. The van der Waals surface area contributed by atoms with Gasteiger partial charge in [0.05, 0.1) is 6.04 Å². The van der Waals surface area contributed by atoms with Crippen LogP contribution in [0, 0.1) is 0 Å². The van der Waals surface area contributed by atoms with Gasteiger partial charge in [0.15, 0.2) is 11.5 Å². The maximum atomic E-state index is 12.4. The molecular weight excluding hydrogens is 288 g/mol. The van der Waals surface area contributed by atoms with Gasteiger partial charge in [0, 0.05) is 13.1 Å². The van der Waals surface area contributed by atoms with Gasteiger partial charge in [0.1, 0.15) is 0 Å². The monoisotopic (exact) mass is 310 g/mol. The standard InChI is InChI=1S/C15H22N2O3S/c1-3-17(15(18)12(16)6-7-21-2)9-11-4-5-13-14(8-11)20-10-19-13/h4-5,8,12H,3,6-7,9-10,16H2,1-2H3/t12-/m0/s1. The molecule has 6 heteroatoms. The van der Waals surface area contributed by atoms with Crippen molar-refractivity contribution in [2.75, 3.05) is 25.3 Å². The van der Waals surface area contributed by atoms with Crippen LogP contribution in [-0.2, 0) is 11.3 Å². The molecule has 5 nitrogen and oxygen atoms in total. The van der Waals surface area contributed by atoms with Gasteiger partial charge in [-0.15, -0.1) is 0 Å². The lowest BCUT2D eigenvalue weighted by Crippen LogP contribution is -2.43. The summed E-state index contributed by atoms with van der Waals surface area (Å²) in [6.45, 7) is 3.40. The first-order chi connectivity index (χ1) is 10.2. The molecule has 0 fully saturated rings. The van der Waals surface area contributed by atoms with Crippen LogP contribution in [0.25, 0.3) is 0 Å². The molecule has 2 rings (SSSR count). The second-order valence-corrected chi connectivity index (χ2v) is 5.91. The molecular formula is C15H22N2O3S. The average Bonchev–Trinajstić information content (AvgIpc) is 2.97. The van der Waals surface area contributed by atoms with E-state index in [0.717, 1.165) is 22.8 Å². The quantitative estimate of drug-likeness (QED) is 0.832. The Morgan fingerprint density at radius 1 is 1.43 bits per heavy atom. The van der Waals surface area contributed by atoms with Crippen molar-refractivity contribution in [3.8, 4) is 11.5 Å². The Bertz CT molecular complexity index is 496. The predicted molar refractivity (Wildman–Crippen MR) is 84.6 cm³/mol. The van der Waals surface area contributed by atoms with E-state index in [2.05, 4.69) is 0 Å². The number of nitrogens with zero attached hydrogens (tertiary/aromatic N) is 1. The molecule has 2 N–H and O–H groups in total. The van der Waals surface area contributed by atoms with E-state index in [1.807, 2.05) is 31.4 Å². The van der Waals surface area contributed by atoms with E-state index < -0.39 is 6.04 Å². The molecule has 1 aromatic rings. The normalized spacial score (nSPS) is 14.0. The summed E-state index contributed by atoms with van der Waals surface area (Å²) in [7, 11) is 0. The molecule has 0 radical (unpaired) electrons. The number of likely N-dealkylation sites (N-methyl/N-ethyl adjacent to an activating group) is 1. The van der Waals surface area contributed by atoms with Crippen molar-refractivity contribution in [2.24, 2.45) is 5.73 Å². The molecule has 0 aromatic heterocycles. The van der Waals surface area contributed by atoms with E-state index in [1.165, 1.54) is 0 Å². The number of nitrogens with two attached hydrogens (primary N) is 1. The van der Waals surface area contributed by atoms with Crippen LogP contribution in [0.3, 0.4) is 0 Å². The average molecular weight is 310 g/mol. The third kappa shape index (κ3) is 4.04. The third-order valence-corrected chi connectivity index (χ3v) is 4.10. The summed E-state index contributed by atoms with van der Waals surface area (Å²) in [5.41, 5.74) is 6.99. The van der Waals surface area contributed by atoms with E-state index in [-0.39, 0.29) is 12.7 Å². The highest BCUT2D eigenvalue weighted by atomic mass is 32.2. The van der Waals surface area contributed by atoms with E-state index in [1.54, 1.807) is 16.7 Å².